The summed E-state index contributed by atoms with van der Waals surface area (Å²) in [7, 11) is 0. The molecule has 0 radical (unpaired) electrons. The Hall–Kier alpha value is -2.37. The lowest BCUT2D eigenvalue weighted by Gasteiger charge is -2.25. The van der Waals surface area contributed by atoms with Gasteiger partial charge < -0.3 is 15.7 Å². The van der Waals surface area contributed by atoms with Gasteiger partial charge in [-0.2, -0.15) is 0 Å². The fourth-order valence-corrected chi connectivity index (χ4v) is 2.78. The zero-order valence-electron chi connectivity index (χ0n) is 13.4. The summed E-state index contributed by atoms with van der Waals surface area (Å²) in [6.45, 7) is 3.74. The number of carboxylic acids is 1. The second-order valence-electron chi connectivity index (χ2n) is 6.25. The molecule has 1 aromatic carbocycles. The number of benzene rings is 1. The molecule has 2 amide bonds. The van der Waals surface area contributed by atoms with Crippen molar-refractivity contribution in [2.45, 2.75) is 51.1 Å². The van der Waals surface area contributed by atoms with Crippen molar-refractivity contribution in [1.82, 2.24) is 10.6 Å². The first kappa shape index (κ1) is 17.0. The Kier molecular flexibility index (Phi) is 5.03. The molecule has 6 nitrogen and oxygen atoms in total. The molecule has 0 atom stereocenters. The summed E-state index contributed by atoms with van der Waals surface area (Å²) in [6, 6.07) is 6.23. The van der Waals surface area contributed by atoms with E-state index < -0.39 is 17.4 Å². The van der Waals surface area contributed by atoms with Crippen molar-refractivity contribution in [3.8, 4) is 0 Å². The summed E-state index contributed by atoms with van der Waals surface area (Å²) in [5, 5.41) is 14.8. The van der Waals surface area contributed by atoms with Gasteiger partial charge in [-0.15, -0.1) is 0 Å². The van der Waals surface area contributed by atoms with Crippen molar-refractivity contribution in [3.05, 3.63) is 35.4 Å². The summed E-state index contributed by atoms with van der Waals surface area (Å²) < 4.78 is 0. The Morgan fingerprint density at radius 1 is 1.00 bits per heavy atom. The van der Waals surface area contributed by atoms with Crippen LogP contribution in [0.4, 0.5) is 0 Å². The number of nitrogens with one attached hydrogen (secondary N) is 2. The number of carbonyl (C=O) groups excluding carboxylic acids is 2. The molecule has 1 aliphatic rings. The van der Waals surface area contributed by atoms with Crippen LogP contribution >= 0.6 is 0 Å². The van der Waals surface area contributed by atoms with Crippen molar-refractivity contribution in [2.75, 3.05) is 0 Å². The predicted octanol–water partition coefficient (Wildman–Crippen LogP) is 1.95. The van der Waals surface area contributed by atoms with Gasteiger partial charge in [0.1, 0.15) is 5.54 Å². The van der Waals surface area contributed by atoms with Crippen LogP contribution in [-0.4, -0.2) is 34.5 Å². The SMILES string of the molecule is CC(C)NC(=O)c1ccc(C(=O)NC2(C(=O)O)CCCC2)cc1. The number of rotatable bonds is 5. The van der Waals surface area contributed by atoms with E-state index in [0.29, 0.717) is 24.0 Å². The van der Waals surface area contributed by atoms with Crippen LogP contribution in [0.2, 0.25) is 0 Å². The quantitative estimate of drug-likeness (QED) is 0.773. The van der Waals surface area contributed by atoms with Gasteiger partial charge in [0.25, 0.3) is 11.8 Å². The van der Waals surface area contributed by atoms with Crippen LogP contribution < -0.4 is 10.6 Å². The van der Waals surface area contributed by atoms with Crippen molar-refractivity contribution in [1.29, 1.82) is 0 Å². The second kappa shape index (κ2) is 6.81. The van der Waals surface area contributed by atoms with Gasteiger partial charge in [-0.1, -0.05) is 12.8 Å². The Balaban J connectivity index is 2.08. The molecule has 0 heterocycles. The second-order valence-corrected chi connectivity index (χ2v) is 6.25. The van der Waals surface area contributed by atoms with E-state index in [4.69, 9.17) is 0 Å². The summed E-state index contributed by atoms with van der Waals surface area (Å²) >= 11 is 0. The van der Waals surface area contributed by atoms with Gasteiger partial charge in [0, 0.05) is 17.2 Å². The first-order chi connectivity index (χ1) is 10.8. The average Bonchev–Trinajstić information content (AvgIpc) is 2.96. The highest BCUT2D eigenvalue weighted by Crippen LogP contribution is 2.30. The predicted molar refractivity (Wildman–Crippen MR) is 85.3 cm³/mol. The molecule has 23 heavy (non-hydrogen) atoms. The van der Waals surface area contributed by atoms with Crippen LogP contribution in [0.15, 0.2) is 24.3 Å². The minimum atomic E-state index is -1.16. The van der Waals surface area contributed by atoms with Gasteiger partial charge in [0.05, 0.1) is 0 Å². The normalized spacial score (nSPS) is 16.1. The fourth-order valence-electron chi connectivity index (χ4n) is 2.78. The molecule has 1 aromatic rings. The first-order valence-corrected chi connectivity index (χ1v) is 7.81. The molecular weight excluding hydrogens is 296 g/mol. The third-order valence-electron chi connectivity index (χ3n) is 4.05. The maximum absolute atomic E-state index is 12.3. The monoisotopic (exact) mass is 318 g/mol. The van der Waals surface area contributed by atoms with E-state index in [9.17, 15) is 19.5 Å². The molecule has 0 spiro atoms. The average molecular weight is 318 g/mol. The van der Waals surface area contributed by atoms with E-state index in [2.05, 4.69) is 10.6 Å². The van der Waals surface area contributed by atoms with E-state index in [1.165, 1.54) is 12.1 Å². The number of amides is 2. The van der Waals surface area contributed by atoms with Gasteiger partial charge >= 0.3 is 5.97 Å². The molecule has 0 aromatic heterocycles. The smallest absolute Gasteiger partial charge is 0.329 e. The lowest BCUT2D eigenvalue weighted by atomic mass is 9.97. The summed E-state index contributed by atoms with van der Waals surface area (Å²) in [6.07, 6.45) is 2.48. The molecule has 6 heteroatoms. The van der Waals surface area contributed by atoms with E-state index in [1.807, 2.05) is 13.8 Å². The summed E-state index contributed by atoms with van der Waals surface area (Å²) in [4.78, 5) is 35.6. The topological polar surface area (TPSA) is 95.5 Å². The number of carboxylic acid groups (broad SMARTS) is 1. The van der Waals surface area contributed by atoms with E-state index >= 15 is 0 Å². The molecule has 0 aliphatic heterocycles. The van der Waals surface area contributed by atoms with E-state index in [1.54, 1.807) is 12.1 Å². The van der Waals surface area contributed by atoms with Gasteiger partial charge in [0.2, 0.25) is 0 Å². The lowest BCUT2D eigenvalue weighted by Crippen LogP contribution is -2.52. The first-order valence-electron chi connectivity index (χ1n) is 7.81. The third-order valence-corrected chi connectivity index (χ3v) is 4.05. The van der Waals surface area contributed by atoms with Crippen molar-refractivity contribution < 1.29 is 19.5 Å². The van der Waals surface area contributed by atoms with E-state index in [0.717, 1.165) is 12.8 Å². The standard InChI is InChI=1S/C17H22N2O4/c1-11(2)18-14(20)12-5-7-13(8-6-12)15(21)19-17(16(22)23)9-3-4-10-17/h5-8,11H,3-4,9-10H2,1-2H3,(H,18,20)(H,19,21)(H,22,23). The molecular formula is C17H22N2O4. The van der Waals surface area contributed by atoms with Gasteiger partial charge in [-0.3, -0.25) is 9.59 Å². The Bertz CT molecular complexity index is 602. The highest BCUT2D eigenvalue weighted by molar-refractivity contribution is 5.99. The van der Waals surface area contributed by atoms with Crippen molar-refractivity contribution >= 4 is 17.8 Å². The maximum Gasteiger partial charge on any atom is 0.329 e. The van der Waals surface area contributed by atoms with Crippen LogP contribution in [0, 0.1) is 0 Å². The number of hydrogen-bond acceptors (Lipinski definition) is 3. The number of hydrogen-bond donors (Lipinski definition) is 3. The van der Waals surface area contributed by atoms with Crippen LogP contribution in [0.3, 0.4) is 0 Å². The summed E-state index contributed by atoms with van der Waals surface area (Å²) in [5.74, 6) is -1.62. The molecule has 0 bridgehead atoms. The largest absolute Gasteiger partial charge is 0.480 e. The Morgan fingerprint density at radius 2 is 1.48 bits per heavy atom. The van der Waals surface area contributed by atoms with Gasteiger partial charge in [-0.05, 0) is 51.0 Å². The van der Waals surface area contributed by atoms with Crippen LogP contribution in [0.1, 0.15) is 60.2 Å². The number of aliphatic carboxylic acids is 1. The minimum absolute atomic E-state index is 0.0308. The van der Waals surface area contributed by atoms with Gasteiger partial charge in [0.15, 0.2) is 0 Å². The maximum atomic E-state index is 12.3. The molecule has 0 unspecified atom stereocenters. The molecule has 1 saturated carbocycles. The van der Waals surface area contributed by atoms with Crippen molar-refractivity contribution in [2.24, 2.45) is 0 Å². The zero-order chi connectivity index (χ0) is 17.0. The van der Waals surface area contributed by atoms with Crippen LogP contribution in [0.5, 0.6) is 0 Å². The van der Waals surface area contributed by atoms with Gasteiger partial charge in [-0.25, -0.2) is 4.79 Å². The summed E-state index contributed by atoms with van der Waals surface area (Å²) in [5.41, 5.74) is -0.354. The Labute approximate surface area is 135 Å². The third kappa shape index (κ3) is 3.88. The fraction of sp³-hybridized carbons (Fsp3) is 0.471. The highest BCUT2D eigenvalue weighted by Gasteiger charge is 2.42. The molecule has 1 aliphatic carbocycles. The minimum Gasteiger partial charge on any atom is -0.480 e. The molecule has 2 rings (SSSR count). The Morgan fingerprint density at radius 3 is 1.91 bits per heavy atom. The molecule has 124 valence electrons. The lowest BCUT2D eigenvalue weighted by molar-refractivity contribution is -0.144. The molecule has 0 saturated heterocycles. The molecule has 1 fully saturated rings. The number of carbonyl (C=O) groups is 3. The van der Waals surface area contributed by atoms with Crippen LogP contribution in [-0.2, 0) is 4.79 Å². The van der Waals surface area contributed by atoms with Crippen molar-refractivity contribution in [3.63, 3.8) is 0 Å². The highest BCUT2D eigenvalue weighted by atomic mass is 16.4. The van der Waals surface area contributed by atoms with Crippen LogP contribution in [0.25, 0.3) is 0 Å². The zero-order valence-corrected chi connectivity index (χ0v) is 13.4. The molecule has 3 N–H and O–H groups in total. The van der Waals surface area contributed by atoms with E-state index in [-0.39, 0.29) is 11.9 Å².